The highest BCUT2D eigenvalue weighted by Gasteiger charge is 2.62. The molecule has 308 valence electrons. The minimum atomic E-state index is -2.49. The molecule has 0 saturated carbocycles. The number of ether oxygens (including phenoxy) is 8. The van der Waals surface area contributed by atoms with Gasteiger partial charge in [0.1, 0.15) is 24.4 Å². The lowest BCUT2D eigenvalue weighted by atomic mass is 9.78. The summed E-state index contributed by atoms with van der Waals surface area (Å²) in [6.45, 7) is 19.6. The Balaban J connectivity index is 1.43. The molecule has 3 fully saturated rings. The van der Waals surface area contributed by atoms with Gasteiger partial charge in [-0.05, 0) is 54.2 Å². The lowest BCUT2D eigenvalue weighted by molar-refractivity contribution is -0.327. The molecule has 0 aromatic heterocycles. The summed E-state index contributed by atoms with van der Waals surface area (Å²) in [5.74, 6) is -1.61. The molecule has 3 heterocycles. The molecule has 0 spiro atoms. The van der Waals surface area contributed by atoms with E-state index >= 15 is 0 Å². The fraction of sp³-hybridized carbons (Fsp3) is 0.545. The predicted octanol–water partition coefficient (Wildman–Crippen LogP) is 8.86. The molecule has 3 saturated heterocycles. The SMILES string of the molecule is C=CCO[C@@H]1C([C@@H]2O[C@H](OCc3ccccc3)[C@@H]3OC(C)(C)O[C@@H]3[C@H]2OCc2ccccc2)[C@@H](COCc2ccccc2)O[C@@H](O[Si](C)(C)C(C)(C)C)[C@@H]1N=[N+]=[N-]. The van der Waals surface area contributed by atoms with Crippen molar-refractivity contribution < 1.29 is 42.3 Å². The van der Waals surface area contributed by atoms with Gasteiger partial charge in [-0.25, -0.2) is 0 Å². The van der Waals surface area contributed by atoms with E-state index in [-0.39, 0.29) is 31.5 Å². The summed E-state index contributed by atoms with van der Waals surface area (Å²) in [5, 5.41) is 4.18. The molecule has 3 aliphatic rings. The smallest absolute Gasteiger partial charge is 0.195 e. The molecule has 13 heteroatoms. The minimum absolute atomic E-state index is 0.144. The lowest BCUT2D eigenvalue weighted by Crippen LogP contribution is -2.68. The Kier molecular flexibility index (Phi) is 14.5. The normalized spacial score (nSPS) is 29.9. The Labute approximate surface area is 338 Å². The highest BCUT2D eigenvalue weighted by Crippen LogP contribution is 2.47. The van der Waals surface area contributed by atoms with Crippen molar-refractivity contribution in [3.8, 4) is 0 Å². The van der Waals surface area contributed by atoms with Crippen molar-refractivity contribution in [2.45, 2.75) is 134 Å². The van der Waals surface area contributed by atoms with Crippen LogP contribution < -0.4 is 0 Å². The van der Waals surface area contributed by atoms with Crippen molar-refractivity contribution in [2.24, 2.45) is 11.0 Å². The summed E-state index contributed by atoms with van der Waals surface area (Å²) in [6.07, 6.45) is -4.36. The highest BCUT2D eigenvalue weighted by atomic mass is 28.4. The summed E-state index contributed by atoms with van der Waals surface area (Å²) in [6, 6.07) is 28.9. The topological polar surface area (TPSA) is 132 Å². The van der Waals surface area contributed by atoms with Crippen LogP contribution in [0.2, 0.25) is 18.1 Å². The van der Waals surface area contributed by atoms with Gasteiger partial charge in [0.2, 0.25) is 0 Å². The molecule has 6 rings (SSSR count). The number of azide groups is 1. The van der Waals surface area contributed by atoms with Gasteiger partial charge in [0.05, 0.1) is 51.3 Å². The second kappa shape index (κ2) is 19.1. The van der Waals surface area contributed by atoms with Crippen molar-refractivity contribution in [1.82, 2.24) is 0 Å². The van der Waals surface area contributed by atoms with Crippen LogP contribution in [0.15, 0.2) is 109 Å². The molecule has 3 aliphatic heterocycles. The Hall–Kier alpha value is -3.43. The first-order chi connectivity index (χ1) is 27.3. The third-order valence-corrected chi connectivity index (χ3v) is 15.7. The van der Waals surface area contributed by atoms with E-state index in [1.54, 1.807) is 6.08 Å². The van der Waals surface area contributed by atoms with Gasteiger partial charge in [0.25, 0.3) is 0 Å². The number of benzene rings is 3. The van der Waals surface area contributed by atoms with Gasteiger partial charge >= 0.3 is 0 Å². The van der Waals surface area contributed by atoms with E-state index in [1.165, 1.54) is 0 Å². The third kappa shape index (κ3) is 10.8. The molecule has 0 N–H and O–H groups in total. The van der Waals surface area contributed by atoms with E-state index < -0.39 is 75.3 Å². The summed E-state index contributed by atoms with van der Waals surface area (Å²) in [4.78, 5) is 3.31. The molecule has 0 bridgehead atoms. The van der Waals surface area contributed by atoms with Crippen molar-refractivity contribution in [3.05, 3.63) is 131 Å². The molecule has 10 atom stereocenters. The summed E-state index contributed by atoms with van der Waals surface area (Å²) in [5.41, 5.74) is 13.0. The van der Waals surface area contributed by atoms with Gasteiger partial charge in [-0.1, -0.05) is 123 Å². The minimum Gasteiger partial charge on any atom is -0.392 e. The van der Waals surface area contributed by atoms with Gasteiger partial charge in [0.15, 0.2) is 26.7 Å². The first-order valence-corrected chi connectivity index (χ1v) is 22.7. The van der Waals surface area contributed by atoms with E-state index in [0.717, 1.165) is 16.7 Å². The Morgan fingerprint density at radius 2 is 1.32 bits per heavy atom. The second-order valence-electron chi connectivity index (χ2n) is 16.9. The molecule has 0 amide bonds. The van der Waals surface area contributed by atoms with E-state index in [9.17, 15) is 5.53 Å². The zero-order chi connectivity index (χ0) is 40.6. The van der Waals surface area contributed by atoms with Crippen LogP contribution in [-0.4, -0.2) is 82.6 Å². The van der Waals surface area contributed by atoms with Crippen LogP contribution >= 0.6 is 0 Å². The zero-order valence-corrected chi connectivity index (χ0v) is 35.3. The number of fused-ring (bicyclic) bond motifs is 1. The van der Waals surface area contributed by atoms with Crippen LogP contribution in [0.25, 0.3) is 10.4 Å². The number of rotatable bonds is 17. The molecule has 1 unspecified atom stereocenters. The Morgan fingerprint density at radius 3 is 1.88 bits per heavy atom. The summed E-state index contributed by atoms with van der Waals surface area (Å²) in [7, 11) is -2.49. The quantitative estimate of drug-likeness (QED) is 0.0432. The summed E-state index contributed by atoms with van der Waals surface area (Å²) < 4.78 is 60.9. The van der Waals surface area contributed by atoms with Crippen LogP contribution in [0.1, 0.15) is 51.3 Å². The maximum atomic E-state index is 10.1. The van der Waals surface area contributed by atoms with Crippen molar-refractivity contribution in [3.63, 3.8) is 0 Å². The summed E-state index contributed by atoms with van der Waals surface area (Å²) >= 11 is 0. The van der Waals surface area contributed by atoms with Crippen LogP contribution in [0.3, 0.4) is 0 Å². The largest absolute Gasteiger partial charge is 0.392 e. The molecular formula is C44H59N3O9Si. The van der Waals surface area contributed by atoms with Crippen molar-refractivity contribution >= 4 is 8.32 Å². The number of hydrogen-bond acceptors (Lipinski definition) is 10. The third-order valence-electron chi connectivity index (χ3n) is 11.2. The van der Waals surface area contributed by atoms with Gasteiger partial charge in [0, 0.05) is 10.8 Å². The van der Waals surface area contributed by atoms with Gasteiger partial charge in [-0.2, -0.15) is 0 Å². The second-order valence-corrected chi connectivity index (χ2v) is 21.6. The number of nitrogens with zero attached hydrogens (tertiary/aromatic N) is 3. The lowest BCUT2D eigenvalue weighted by Gasteiger charge is -2.53. The van der Waals surface area contributed by atoms with Gasteiger partial charge in [-0.15, -0.1) is 6.58 Å². The Morgan fingerprint density at radius 1 is 0.754 bits per heavy atom. The molecule has 57 heavy (non-hydrogen) atoms. The standard InChI is InChI=1S/C44H59N3O9Si/c1-9-25-49-36-34(33(29-48-26-30-19-13-10-14-20-30)52-41(35(36)46-47-45)56-57(7,8)43(2,3)4)37-38(50-27-31-21-15-11-16-22-31)39-40(55-44(5,6)54-39)42(53-37)51-28-32-23-17-12-18-24-32/h9-24,33-42H,1,25-29H2,2-8H3/t33-,34?,35-,36-,37+,38+,39-,40-,41+,42+/m1/s1. The van der Waals surface area contributed by atoms with E-state index in [0.29, 0.717) is 6.61 Å². The first-order valence-electron chi connectivity index (χ1n) is 19.8. The Bertz CT molecular complexity index is 1760. The fourth-order valence-electron chi connectivity index (χ4n) is 7.42. The zero-order valence-electron chi connectivity index (χ0n) is 34.3. The average molecular weight is 802 g/mol. The van der Waals surface area contributed by atoms with Crippen molar-refractivity contribution in [2.75, 3.05) is 13.2 Å². The number of hydrogen-bond donors (Lipinski definition) is 0. The molecule has 12 nitrogen and oxygen atoms in total. The molecular weight excluding hydrogens is 743 g/mol. The van der Waals surface area contributed by atoms with Crippen LogP contribution in [0.5, 0.6) is 0 Å². The maximum absolute atomic E-state index is 10.1. The van der Waals surface area contributed by atoms with Gasteiger partial charge in [-0.3, -0.25) is 0 Å². The highest BCUT2D eigenvalue weighted by molar-refractivity contribution is 6.74. The van der Waals surface area contributed by atoms with Crippen LogP contribution in [-0.2, 0) is 62.1 Å². The molecule has 3 aromatic carbocycles. The van der Waals surface area contributed by atoms with Crippen LogP contribution in [0.4, 0.5) is 0 Å². The first kappa shape index (κ1) is 43.2. The van der Waals surface area contributed by atoms with E-state index in [1.807, 2.05) is 105 Å². The maximum Gasteiger partial charge on any atom is 0.195 e. The average Bonchev–Trinajstić information content (AvgIpc) is 3.52. The van der Waals surface area contributed by atoms with E-state index in [4.69, 9.17) is 42.3 Å². The van der Waals surface area contributed by atoms with Crippen LogP contribution in [0, 0.1) is 5.92 Å². The predicted molar refractivity (Wildman–Crippen MR) is 218 cm³/mol. The monoisotopic (exact) mass is 801 g/mol. The van der Waals surface area contributed by atoms with Gasteiger partial charge < -0.3 is 42.3 Å². The van der Waals surface area contributed by atoms with E-state index in [2.05, 4.69) is 50.5 Å². The molecule has 0 radical (unpaired) electrons. The van der Waals surface area contributed by atoms with Crippen molar-refractivity contribution in [1.29, 1.82) is 0 Å². The molecule has 0 aliphatic carbocycles. The fourth-order valence-corrected chi connectivity index (χ4v) is 8.55. The molecule has 3 aromatic rings.